The van der Waals surface area contributed by atoms with Gasteiger partial charge in [0.25, 0.3) is 0 Å². The van der Waals surface area contributed by atoms with Crippen LogP contribution >= 0.6 is 0 Å². The first-order chi connectivity index (χ1) is 11.6. The number of nitrogens with one attached hydrogen (secondary N) is 1. The van der Waals surface area contributed by atoms with Crippen molar-refractivity contribution in [2.45, 2.75) is 6.04 Å². The fourth-order valence-corrected chi connectivity index (χ4v) is 3.28. The van der Waals surface area contributed by atoms with Gasteiger partial charge in [-0.2, -0.15) is 0 Å². The van der Waals surface area contributed by atoms with E-state index < -0.39 is 6.09 Å². The Bertz CT molecular complexity index is 797. The third-order valence-corrected chi connectivity index (χ3v) is 4.52. The van der Waals surface area contributed by atoms with E-state index in [2.05, 4.69) is 20.4 Å². The molecule has 1 fully saturated rings. The number of nitrogens with zero attached hydrogens (tertiary/aromatic N) is 4. The predicted molar refractivity (Wildman–Crippen MR) is 88.4 cm³/mol. The Labute approximate surface area is 138 Å². The van der Waals surface area contributed by atoms with Gasteiger partial charge in [-0.15, -0.1) is 10.2 Å². The van der Waals surface area contributed by atoms with Crippen molar-refractivity contribution < 1.29 is 15.0 Å². The molecule has 4 rings (SSSR count). The lowest BCUT2D eigenvalue weighted by Gasteiger charge is -2.44. The summed E-state index contributed by atoms with van der Waals surface area (Å²) in [6.45, 7) is 2.15. The Balaban J connectivity index is 1.69. The Hall–Kier alpha value is -3.03. The molecule has 8 nitrogen and oxygen atoms in total. The zero-order valence-corrected chi connectivity index (χ0v) is 12.9. The molecule has 0 radical (unpaired) electrons. The molecule has 0 unspecified atom stereocenters. The molecule has 3 N–H and O–H groups in total. The second-order valence-corrected chi connectivity index (χ2v) is 5.94. The number of hydrogen-bond acceptors (Lipinski definition) is 6. The van der Waals surface area contributed by atoms with Crippen LogP contribution in [0.4, 0.5) is 16.3 Å². The highest BCUT2D eigenvalue weighted by Gasteiger charge is 2.34. The van der Waals surface area contributed by atoms with Gasteiger partial charge < -0.3 is 25.3 Å². The Morgan fingerprint density at radius 1 is 1.25 bits per heavy atom. The second kappa shape index (κ2) is 5.55. The summed E-state index contributed by atoms with van der Waals surface area (Å²) in [6, 6.07) is 8.96. The van der Waals surface area contributed by atoms with Crippen molar-refractivity contribution in [1.82, 2.24) is 15.1 Å². The third-order valence-electron chi connectivity index (χ3n) is 4.52. The van der Waals surface area contributed by atoms with Crippen molar-refractivity contribution in [2.75, 3.05) is 36.4 Å². The SMILES string of the molecule is O=C(O)N1CCN2c3cc(-c4ccccc4O)nnc3NC[C@@H]2C1. The van der Waals surface area contributed by atoms with Crippen molar-refractivity contribution in [3.63, 3.8) is 0 Å². The lowest BCUT2D eigenvalue weighted by molar-refractivity contribution is 0.135. The molecular formula is C16H17N5O3. The van der Waals surface area contributed by atoms with Crippen molar-refractivity contribution in [2.24, 2.45) is 0 Å². The van der Waals surface area contributed by atoms with Crippen LogP contribution in [0.5, 0.6) is 5.75 Å². The van der Waals surface area contributed by atoms with Gasteiger partial charge in [-0.05, 0) is 18.2 Å². The summed E-state index contributed by atoms with van der Waals surface area (Å²) >= 11 is 0. The van der Waals surface area contributed by atoms with Crippen LogP contribution < -0.4 is 10.2 Å². The van der Waals surface area contributed by atoms with Crippen LogP contribution in [-0.4, -0.2) is 63.6 Å². The molecule has 3 heterocycles. The van der Waals surface area contributed by atoms with E-state index in [1.807, 2.05) is 12.1 Å². The van der Waals surface area contributed by atoms with E-state index in [9.17, 15) is 15.0 Å². The van der Waals surface area contributed by atoms with E-state index in [1.165, 1.54) is 4.90 Å². The van der Waals surface area contributed by atoms with Gasteiger partial charge in [0, 0.05) is 31.7 Å². The number of amides is 1. The first-order valence-electron chi connectivity index (χ1n) is 7.78. The highest BCUT2D eigenvalue weighted by molar-refractivity contribution is 5.77. The van der Waals surface area contributed by atoms with Crippen LogP contribution in [0.2, 0.25) is 0 Å². The summed E-state index contributed by atoms with van der Waals surface area (Å²) < 4.78 is 0. The van der Waals surface area contributed by atoms with Crippen molar-refractivity contribution in [3.8, 4) is 17.0 Å². The highest BCUT2D eigenvalue weighted by Crippen LogP contribution is 2.35. The molecule has 8 heteroatoms. The van der Waals surface area contributed by atoms with Gasteiger partial charge in [0.2, 0.25) is 0 Å². The summed E-state index contributed by atoms with van der Waals surface area (Å²) in [5, 5.41) is 30.9. The number of aromatic nitrogens is 2. The zero-order valence-electron chi connectivity index (χ0n) is 12.9. The smallest absolute Gasteiger partial charge is 0.407 e. The maximum atomic E-state index is 11.2. The van der Waals surface area contributed by atoms with Gasteiger partial charge in [0.1, 0.15) is 5.75 Å². The van der Waals surface area contributed by atoms with Crippen LogP contribution in [0.15, 0.2) is 30.3 Å². The van der Waals surface area contributed by atoms with Gasteiger partial charge in [0.05, 0.1) is 17.4 Å². The fourth-order valence-electron chi connectivity index (χ4n) is 3.28. The minimum absolute atomic E-state index is 0.0590. The minimum atomic E-state index is -0.886. The van der Waals surface area contributed by atoms with Crippen LogP contribution in [0.1, 0.15) is 0 Å². The number of phenolic OH excluding ortho intramolecular Hbond substituents is 1. The molecule has 1 aromatic carbocycles. The Kier molecular flexibility index (Phi) is 3.37. The van der Waals surface area contributed by atoms with E-state index >= 15 is 0 Å². The minimum Gasteiger partial charge on any atom is -0.507 e. The number of phenols is 1. The molecule has 0 spiro atoms. The van der Waals surface area contributed by atoms with E-state index in [0.29, 0.717) is 43.3 Å². The van der Waals surface area contributed by atoms with Gasteiger partial charge in [0.15, 0.2) is 5.82 Å². The maximum Gasteiger partial charge on any atom is 0.407 e. The highest BCUT2D eigenvalue weighted by atomic mass is 16.4. The summed E-state index contributed by atoms with van der Waals surface area (Å²) in [5.41, 5.74) is 2.11. The van der Waals surface area contributed by atoms with Gasteiger partial charge in [-0.1, -0.05) is 12.1 Å². The first-order valence-corrected chi connectivity index (χ1v) is 7.78. The first kappa shape index (κ1) is 14.6. The van der Waals surface area contributed by atoms with E-state index in [4.69, 9.17) is 0 Å². The average molecular weight is 327 g/mol. The molecule has 2 aliphatic rings. The van der Waals surface area contributed by atoms with E-state index in [0.717, 1.165) is 5.69 Å². The molecule has 0 aliphatic carbocycles. The quantitative estimate of drug-likeness (QED) is 0.728. The number of piperazine rings is 1. The summed E-state index contributed by atoms with van der Waals surface area (Å²) in [4.78, 5) is 14.8. The molecule has 124 valence electrons. The normalized spacial score (nSPS) is 19.2. The summed E-state index contributed by atoms with van der Waals surface area (Å²) in [6.07, 6.45) is -0.886. The average Bonchev–Trinajstić information content (AvgIpc) is 2.61. The topological polar surface area (TPSA) is 102 Å². The molecule has 0 saturated carbocycles. The molecule has 2 aromatic rings. The number of para-hydroxylation sites is 1. The Morgan fingerprint density at radius 3 is 2.88 bits per heavy atom. The second-order valence-electron chi connectivity index (χ2n) is 5.94. The zero-order chi connectivity index (χ0) is 16.7. The van der Waals surface area contributed by atoms with Crippen LogP contribution in [-0.2, 0) is 0 Å². The van der Waals surface area contributed by atoms with Crippen LogP contribution in [0.25, 0.3) is 11.3 Å². The number of carbonyl (C=O) groups is 1. The third kappa shape index (κ3) is 2.36. The fraction of sp³-hybridized carbons (Fsp3) is 0.312. The van der Waals surface area contributed by atoms with E-state index in [-0.39, 0.29) is 11.8 Å². The van der Waals surface area contributed by atoms with Crippen molar-refractivity contribution in [1.29, 1.82) is 0 Å². The standard InChI is InChI=1S/C16H17N5O3/c22-14-4-2-1-3-11(14)12-7-13-15(19-18-12)17-8-10-9-20(16(23)24)5-6-21(10)13/h1-4,7,10,22H,5-6,8-9H2,(H,17,19)(H,23,24)/t10-/m1/s1. The molecular weight excluding hydrogens is 310 g/mol. The molecule has 1 amide bonds. The predicted octanol–water partition coefficient (Wildman–Crippen LogP) is 1.44. The number of hydrogen-bond donors (Lipinski definition) is 3. The number of anilines is 2. The lowest BCUT2D eigenvalue weighted by Crippen LogP contribution is -2.58. The maximum absolute atomic E-state index is 11.2. The number of fused-ring (bicyclic) bond motifs is 3. The molecule has 24 heavy (non-hydrogen) atoms. The molecule has 2 aliphatic heterocycles. The number of benzene rings is 1. The largest absolute Gasteiger partial charge is 0.507 e. The number of aromatic hydroxyl groups is 1. The molecule has 1 atom stereocenters. The van der Waals surface area contributed by atoms with Gasteiger partial charge >= 0.3 is 6.09 Å². The van der Waals surface area contributed by atoms with Gasteiger partial charge in [-0.3, -0.25) is 0 Å². The molecule has 0 bridgehead atoms. The Morgan fingerprint density at radius 2 is 2.08 bits per heavy atom. The van der Waals surface area contributed by atoms with Crippen LogP contribution in [0, 0.1) is 0 Å². The number of rotatable bonds is 1. The molecule has 1 saturated heterocycles. The van der Waals surface area contributed by atoms with Crippen LogP contribution in [0.3, 0.4) is 0 Å². The monoisotopic (exact) mass is 327 g/mol. The summed E-state index contributed by atoms with van der Waals surface area (Å²) in [5.74, 6) is 0.844. The molecule has 1 aromatic heterocycles. The lowest BCUT2D eigenvalue weighted by atomic mass is 10.1. The van der Waals surface area contributed by atoms with Crippen molar-refractivity contribution in [3.05, 3.63) is 30.3 Å². The number of carboxylic acid groups (broad SMARTS) is 1. The summed E-state index contributed by atoms with van der Waals surface area (Å²) in [7, 11) is 0. The van der Waals surface area contributed by atoms with Crippen molar-refractivity contribution >= 4 is 17.6 Å². The van der Waals surface area contributed by atoms with E-state index in [1.54, 1.807) is 18.2 Å². The van der Waals surface area contributed by atoms with Gasteiger partial charge in [-0.25, -0.2) is 4.79 Å².